The first-order chi connectivity index (χ1) is 31.2. The molecule has 1 amide bonds. The second-order valence-electron chi connectivity index (χ2n) is 19.0. The molecule has 6 rings (SSSR count). The van der Waals surface area contributed by atoms with E-state index in [1.807, 2.05) is 20.8 Å². The minimum Gasteiger partial charge on any atom is -0.460 e. The Balaban J connectivity index is 0.000000240. The van der Waals surface area contributed by atoms with Gasteiger partial charge in [-0.05, 0) is 178 Å². The van der Waals surface area contributed by atoms with Gasteiger partial charge in [0.1, 0.15) is 53.7 Å². The lowest BCUT2D eigenvalue weighted by atomic mass is 9.86. The molecule has 3 N–H and O–H groups in total. The summed E-state index contributed by atoms with van der Waals surface area (Å²) >= 11 is 13.9. The molecule has 0 aliphatic heterocycles. The lowest BCUT2D eigenvalue weighted by Crippen LogP contribution is -2.40. The van der Waals surface area contributed by atoms with Gasteiger partial charge in [-0.2, -0.15) is 0 Å². The van der Waals surface area contributed by atoms with E-state index in [0.717, 1.165) is 13.8 Å². The maximum absolute atomic E-state index is 13.9. The number of aromatic nitrogens is 4. The number of esters is 1. The maximum Gasteiger partial charge on any atom is 0.506 e. The fraction of sp³-hybridized carbons (Fsp3) is 0.362. The number of hydrogen-bond donors (Lipinski definition) is 3. The number of nitrogens with one attached hydrogen (secondary N) is 1. The lowest BCUT2D eigenvalue weighted by molar-refractivity contribution is -0.153. The molecule has 0 saturated carbocycles. The van der Waals surface area contributed by atoms with Crippen molar-refractivity contribution < 1.29 is 57.0 Å². The summed E-state index contributed by atoms with van der Waals surface area (Å²) in [6.07, 6.45) is -1.91. The molecular weight excluding hydrogens is 1040 g/mol. The topological polar surface area (TPSA) is 193 Å². The van der Waals surface area contributed by atoms with E-state index >= 15 is 0 Å². The summed E-state index contributed by atoms with van der Waals surface area (Å²) in [5.41, 5.74) is -0.412. The number of carbonyl (C=O) groups is 4. The quantitative estimate of drug-likeness (QED) is 0.0487. The molecule has 0 aliphatic carbocycles. The second kappa shape index (κ2) is 22.0. The van der Waals surface area contributed by atoms with Gasteiger partial charge in [0.2, 0.25) is 0 Å². The molecule has 0 fully saturated rings. The zero-order valence-corrected chi connectivity index (χ0v) is 43.2. The highest BCUT2D eigenvalue weighted by molar-refractivity contribution is 14.1. The smallest absolute Gasteiger partial charge is 0.460 e. The Morgan fingerprint density at radius 3 is 1.62 bits per heavy atom. The maximum atomic E-state index is 13.9. The molecule has 4 heterocycles. The van der Waals surface area contributed by atoms with Gasteiger partial charge in [-0.3, -0.25) is 14.7 Å². The van der Waals surface area contributed by atoms with Crippen molar-refractivity contribution in [3.05, 3.63) is 104 Å². The number of halogens is 5. The predicted octanol–water partition coefficient (Wildman–Crippen LogP) is 11.1. The number of carbonyl (C=O) groups excluding carboxylic acids is 4. The third-order valence-electron chi connectivity index (χ3n) is 8.36. The van der Waals surface area contributed by atoms with Gasteiger partial charge in [0, 0.05) is 10.8 Å². The SMILES string of the molecule is CC(C)(C)OC(=O)Cc1ccc(Cl)nc1I.CC(C)(C)OC(=O)Nc1ccc(Cl)nc1-c1cc2cc(F)ccc2n1C(=O)OC(C)(C)C.CC(C)(C)OC(=O)n1c(B(O)O)cc2cc(F)ccc21. The summed E-state index contributed by atoms with van der Waals surface area (Å²) < 4.78 is 51.5. The van der Waals surface area contributed by atoms with Crippen molar-refractivity contribution in [2.45, 2.75) is 112 Å². The Labute approximate surface area is 416 Å². The van der Waals surface area contributed by atoms with Gasteiger partial charge < -0.3 is 29.0 Å². The monoisotopic (exact) mass is 1090 g/mol. The standard InChI is InChI=1S/C23H25ClFN3O4.C13H15BFNO4.C11H13ClINO2/c1-22(2,3)31-20(29)26-15-8-10-18(24)27-19(15)17-12-13-11-14(25)7-9-16(13)28(17)21(30)32-23(4,5)6;1-13(2,3)20-12(17)16-10-5-4-9(15)6-8(10)7-11(16)14(18)19;1-11(2,3)16-9(15)6-7-4-5-8(12)14-10(7)13/h7-12H,1-6H3,(H,26,29);4-7,18-19H,1-3H3;4-5H,6H2,1-3H3. The van der Waals surface area contributed by atoms with Crippen LogP contribution in [0.5, 0.6) is 0 Å². The fourth-order valence-corrected chi connectivity index (χ4v) is 7.09. The van der Waals surface area contributed by atoms with Crippen LogP contribution < -0.4 is 10.9 Å². The first kappa shape index (κ1) is 55.3. The van der Waals surface area contributed by atoms with Crippen LogP contribution in [-0.2, 0) is 30.2 Å². The summed E-state index contributed by atoms with van der Waals surface area (Å²) in [6.45, 7) is 21.1. The molecule has 0 spiro atoms. The Morgan fingerprint density at radius 1 is 0.647 bits per heavy atom. The molecular formula is C47H53BCl2F2IN5O10. The van der Waals surface area contributed by atoms with Crippen LogP contribution in [0.15, 0.2) is 72.8 Å². The van der Waals surface area contributed by atoms with Gasteiger partial charge in [0.15, 0.2) is 0 Å². The third kappa shape index (κ3) is 16.4. The Bertz CT molecular complexity index is 2830. The second-order valence-corrected chi connectivity index (χ2v) is 20.8. The third-order valence-corrected chi connectivity index (χ3v) is 9.71. The van der Waals surface area contributed by atoms with Crippen LogP contribution in [0.25, 0.3) is 33.2 Å². The van der Waals surface area contributed by atoms with Crippen LogP contribution in [-0.4, -0.2) is 82.9 Å². The highest BCUT2D eigenvalue weighted by atomic mass is 127. The Kier molecular flexibility index (Phi) is 17.8. The van der Waals surface area contributed by atoms with Gasteiger partial charge >= 0.3 is 31.4 Å². The number of rotatable bonds is 5. The van der Waals surface area contributed by atoms with Crippen molar-refractivity contribution in [2.75, 3.05) is 5.32 Å². The number of fused-ring (bicyclic) bond motifs is 2. The van der Waals surface area contributed by atoms with Gasteiger partial charge in [0.25, 0.3) is 0 Å². The molecule has 364 valence electrons. The molecule has 2 aromatic carbocycles. The Hall–Kier alpha value is -5.35. The minimum absolute atomic E-state index is 0.0696. The largest absolute Gasteiger partial charge is 0.506 e. The van der Waals surface area contributed by atoms with E-state index in [0.29, 0.717) is 27.0 Å². The first-order valence-corrected chi connectivity index (χ1v) is 22.7. The molecule has 0 radical (unpaired) electrons. The van der Waals surface area contributed by atoms with Crippen LogP contribution in [0.3, 0.4) is 0 Å². The van der Waals surface area contributed by atoms with E-state index in [2.05, 4.69) is 37.9 Å². The van der Waals surface area contributed by atoms with Crippen LogP contribution in [0, 0.1) is 15.3 Å². The molecule has 0 bridgehead atoms. The summed E-state index contributed by atoms with van der Waals surface area (Å²) in [7, 11) is -1.86. The molecule has 4 aromatic heterocycles. The number of benzene rings is 2. The van der Waals surface area contributed by atoms with Gasteiger partial charge in [-0.25, -0.2) is 37.7 Å². The first-order valence-electron chi connectivity index (χ1n) is 20.8. The van der Waals surface area contributed by atoms with Crippen molar-refractivity contribution in [2.24, 2.45) is 0 Å². The van der Waals surface area contributed by atoms with E-state index in [-0.39, 0.29) is 40.2 Å². The fourth-order valence-electron chi connectivity index (χ4n) is 6.02. The Morgan fingerprint density at radius 2 is 1.12 bits per heavy atom. The summed E-state index contributed by atoms with van der Waals surface area (Å²) in [6, 6.07) is 17.2. The van der Waals surface area contributed by atoms with Crippen LogP contribution in [0.1, 0.15) is 88.6 Å². The van der Waals surface area contributed by atoms with Crippen LogP contribution >= 0.6 is 45.8 Å². The van der Waals surface area contributed by atoms with E-state index in [1.54, 1.807) is 86.6 Å². The molecule has 0 aliphatic rings. The van der Waals surface area contributed by atoms with Crippen molar-refractivity contribution in [1.29, 1.82) is 0 Å². The zero-order valence-electron chi connectivity index (χ0n) is 39.6. The number of amides is 1. The highest BCUT2D eigenvalue weighted by Crippen LogP contribution is 2.34. The van der Waals surface area contributed by atoms with Crippen molar-refractivity contribution in [3.8, 4) is 11.4 Å². The number of anilines is 1. The number of ether oxygens (including phenoxy) is 4. The van der Waals surface area contributed by atoms with Crippen molar-refractivity contribution in [3.63, 3.8) is 0 Å². The number of nitrogens with zero attached hydrogens (tertiary/aromatic N) is 4. The molecule has 0 saturated heterocycles. The van der Waals surface area contributed by atoms with Crippen LogP contribution in [0.2, 0.25) is 10.3 Å². The highest BCUT2D eigenvalue weighted by Gasteiger charge is 2.29. The predicted molar refractivity (Wildman–Crippen MR) is 266 cm³/mol. The van der Waals surface area contributed by atoms with Crippen molar-refractivity contribution >= 4 is 110 Å². The summed E-state index contributed by atoms with van der Waals surface area (Å²) in [4.78, 5) is 57.6. The van der Waals surface area contributed by atoms with E-state index in [1.165, 1.54) is 53.1 Å². The number of hydrogen-bond acceptors (Lipinski definition) is 12. The van der Waals surface area contributed by atoms with E-state index in [4.69, 9.17) is 42.1 Å². The van der Waals surface area contributed by atoms with Gasteiger partial charge in [0.05, 0.1) is 34.4 Å². The zero-order chi connectivity index (χ0) is 51.3. The summed E-state index contributed by atoms with van der Waals surface area (Å²) in [5.74, 6) is -1.19. The summed E-state index contributed by atoms with van der Waals surface area (Å²) in [5, 5.41) is 22.8. The molecule has 0 atom stereocenters. The van der Waals surface area contributed by atoms with E-state index < -0.39 is 59.4 Å². The normalized spacial score (nSPS) is 11.8. The van der Waals surface area contributed by atoms with E-state index in [9.17, 15) is 38.0 Å². The van der Waals surface area contributed by atoms with Crippen LogP contribution in [0.4, 0.5) is 28.9 Å². The molecule has 6 aromatic rings. The average Bonchev–Trinajstić information content (AvgIpc) is 3.73. The molecule has 15 nitrogen and oxygen atoms in total. The van der Waals surface area contributed by atoms with Gasteiger partial charge in [-0.15, -0.1) is 0 Å². The number of pyridine rings is 2. The van der Waals surface area contributed by atoms with Gasteiger partial charge in [-0.1, -0.05) is 29.3 Å². The molecule has 21 heteroatoms. The average molecular weight is 1090 g/mol. The molecule has 0 unspecified atom stereocenters. The molecule has 68 heavy (non-hydrogen) atoms. The minimum atomic E-state index is -1.86. The van der Waals surface area contributed by atoms with Crippen molar-refractivity contribution in [1.82, 2.24) is 19.1 Å². The lowest BCUT2D eigenvalue weighted by Gasteiger charge is -2.22.